The molecule has 0 atom stereocenters. The van der Waals surface area contributed by atoms with Crippen molar-refractivity contribution in [2.45, 2.75) is 33.9 Å². The van der Waals surface area contributed by atoms with E-state index in [1.165, 1.54) is 0 Å². The van der Waals surface area contributed by atoms with Gasteiger partial charge in [-0.05, 0) is 57.2 Å². The first kappa shape index (κ1) is 29.4. The third-order valence-electron chi connectivity index (χ3n) is 4.68. The molecule has 0 aliphatic heterocycles. The molecule has 196 valence electrons. The second kappa shape index (κ2) is 15.3. The quantitative estimate of drug-likeness (QED) is 0.235. The summed E-state index contributed by atoms with van der Waals surface area (Å²) in [4.78, 5) is 0. The zero-order valence-corrected chi connectivity index (χ0v) is 24.1. The standard InChI is InChI=1S/C20H20O4Si.C7H18O3Si/c1-21-19-15-9-10-16-20(19)24-25(2,22-17-11-5-3-6-12-17)23-18-13-7-4-8-14-18;1-5-8-11(4,9-6-2)10-7-3/h3-16H,1-2H3;5-7H2,1-4H3. The van der Waals surface area contributed by atoms with E-state index in [1.807, 2.05) is 119 Å². The summed E-state index contributed by atoms with van der Waals surface area (Å²) >= 11 is 0. The molecule has 0 fully saturated rings. The summed E-state index contributed by atoms with van der Waals surface area (Å²) in [7, 11) is -3.74. The molecule has 0 aromatic heterocycles. The highest BCUT2D eigenvalue weighted by Crippen LogP contribution is 2.30. The van der Waals surface area contributed by atoms with E-state index in [1.54, 1.807) is 7.11 Å². The Bertz CT molecular complexity index is 931. The summed E-state index contributed by atoms with van der Waals surface area (Å²) in [6.07, 6.45) is 0. The Morgan fingerprint density at radius 2 is 0.889 bits per heavy atom. The van der Waals surface area contributed by atoms with Gasteiger partial charge in [-0.3, -0.25) is 0 Å². The van der Waals surface area contributed by atoms with Crippen LogP contribution in [0.4, 0.5) is 0 Å². The van der Waals surface area contributed by atoms with Crippen molar-refractivity contribution in [1.82, 2.24) is 0 Å². The maximum absolute atomic E-state index is 6.20. The Hall–Kier alpha value is -2.83. The Kier molecular flexibility index (Phi) is 12.5. The van der Waals surface area contributed by atoms with Gasteiger partial charge in [-0.1, -0.05) is 48.5 Å². The van der Waals surface area contributed by atoms with Crippen LogP contribution in [0.25, 0.3) is 0 Å². The van der Waals surface area contributed by atoms with Crippen LogP contribution in [0.15, 0.2) is 84.9 Å². The van der Waals surface area contributed by atoms with Crippen LogP contribution in [0.5, 0.6) is 23.0 Å². The van der Waals surface area contributed by atoms with Crippen LogP contribution < -0.4 is 18.0 Å². The maximum atomic E-state index is 6.20. The third kappa shape index (κ3) is 10.0. The molecule has 9 heteroatoms. The first-order valence-corrected chi connectivity index (χ1v) is 16.5. The van der Waals surface area contributed by atoms with Gasteiger partial charge in [-0.2, -0.15) is 0 Å². The molecule has 3 aromatic carbocycles. The van der Waals surface area contributed by atoms with E-state index in [-0.39, 0.29) is 0 Å². The average molecular weight is 531 g/mol. The van der Waals surface area contributed by atoms with Gasteiger partial charge in [0.2, 0.25) is 0 Å². The van der Waals surface area contributed by atoms with Crippen molar-refractivity contribution in [2.24, 2.45) is 0 Å². The Morgan fingerprint density at radius 1 is 0.500 bits per heavy atom. The fourth-order valence-electron chi connectivity index (χ4n) is 3.28. The molecule has 0 aliphatic rings. The van der Waals surface area contributed by atoms with Crippen LogP contribution in [-0.4, -0.2) is 44.5 Å². The lowest BCUT2D eigenvalue weighted by Gasteiger charge is -2.28. The molecule has 0 spiro atoms. The summed E-state index contributed by atoms with van der Waals surface area (Å²) in [5.41, 5.74) is 0. The summed E-state index contributed by atoms with van der Waals surface area (Å²) in [6, 6.07) is 26.5. The first-order valence-electron chi connectivity index (χ1n) is 12.1. The van der Waals surface area contributed by atoms with Gasteiger partial charge in [-0.25, -0.2) is 0 Å². The smallest absolute Gasteiger partial charge is 0.493 e. The largest absolute Gasteiger partial charge is 0.696 e. The zero-order valence-electron chi connectivity index (χ0n) is 22.1. The normalized spacial score (nSPS) is 11.2. The second-order valence-corrected chi connectivity index (χ2v) is 12.5. The molecule has 0 saturated carbocycles. The van der Waals surface area contributed by atoms with Crippen molar-refractivity contribution >= 4 is 17.6 Å². The Labute approximate surface area is 217 Å². The maximum Gasteiger partial charge on any atom is 0.696 e. The van der Waals surface area contributed by atoms with E-state index < -0.39 is 17.6 Å². The molecule has 0 N–H and O–H groups in total. The summed E-state index contributed by atoms with van der Waals surface area (Å²) in [5.74, 6) is 2.62. The van der Waals surface area contributed by atoms with Crippen molar-refractivity contribution in [2.75, 3.05) is 26.9 Å². The van der Waals surface area contributed by atoms with Gasteiger partial charge in [0.15, 0.2) is 11.5 Å². The van der Waals surface area contributed by atoms with E-state index in [0.717, 1.165) is 0 Å². The molecule has 0 bridgehead atoms. The molecule has 0 aliphatic carbocycles. The highest BCUT2D eigenvalue weighted by atomic mass is 28.4. The van der Waals surface area contributed by atoms with Gasteiger partial charge in [-0.15, -0.1) is 0 Å². The van der Waals surface area contributed by atoms with Crippen molar-refractivity contribution in [3.05, 3.63) is 84.9 Å². The minimum atomic E-state index is -3.10. The van der Waals surface area contributed by atoms with Crippen molar-refractivity contribution < 1.29 is 31.3 Å². The molecule has 0 amide bonds. The lowest BCUT2D eigenvalue weighted by Crippen LogP contribution is -2.52. The molecule has 0 radical (unpaired) electrons. The summed E-state index contributed by atoms with van der Waals surface area (Å²) in [5, 5.41) is 0. The van der Waals surface area contributed by atoms with Gasteiger partial charge in [0.1, 0.15) is 11.5 Å². The van der Waals surface area contributed by atoms with E-state index in [4.69, 9.17) is 31.3 Å². The second-order valence-electron chi connectivity index (χ2n) is 7.61. The molecule has 0 saturated heterocycles. The average Bonchev–Trinajstić information content (AvgIpc) is 2.86. The summed E-state index contributed by atoms with van der Waals surface area (Å²) < 4.78 is 40.1. The first-order chi connectivity index (χ1) is 17.4. The number of benzene rings is 3. The van der Waals surface area contributed by atoms with Crippen LogP contribution in [-0.2, 0) is 13.3 Å². The highest BCUT2D eigenvalue weighted by Gasteiger charge is 2.43. The number of ether oxygens (including phenoxy) is 1. The van der Waals surface area contributed by atoms with Crippen LogP contribution in [0.2, 0.25) is 13.1 Å². The van der Waals surface area contributed by atoms with Gasteiger partial charge in [0, 0.05) is 32.9 Å². The van der Waals surface area contributed by atoms with E-state index in [0.29, 0.717) is 42.8 Å². The molecule has 36 heavy (non-hydrogen) atoms. The Balaban J connectivity index is 0.000000352. The lowest BCUT2D eigenvalue weighted by molar-refractivity contribution is 0.0783. The van der Waals surface area contributed by atoms with Gasteiger partial charge in [0.05, 0.1) is 7.11 Å². The van der Waals surface area contributed by atoms with Crippen LogP contribution in [0.3, 0.4) is 0 Å². The SMILES string of the molecule is CCO[Si](C)(OCC)OCC.COc1ccccc1O[Si](C)(Oc1ccccc1)Oc1ccccc1. The fourth-order valence-corrected chi connectivity index (χ4v) is 6.93. The zero-order chi connectivity index (χ0) is 26.3. The lowest BCUT2D eigenvalue weighted by atomic mass is 10.3. The minimum Gasteiger partial charge on any atom is -0.493 e. The van der Waals surface area contributed by atoms with E-state index in [9.17, 15) is 0 Å². The molecule has 0 unspecified atom stereocenters. The monoisotopic (exact) mass is 530 g/mol. The highest BCUT2D eigenvalue weighted by molar-refractivity contribution is 6.61. The van der Waals surface area contributed by atoms with Gasteiger partial charge in [0.25, 0.3) is 0 Å². The number of rotatable bonds is 13. The number of methoxy groups -OCH3 is 1. The number of hydrogen-bond acceptors (Lipinski definition) is 7. The van der Waals surface area contributed by atoms with E-state index in [2.05, 4.69) is 0 Å². The number of para-hydroxylation sites is 4. The topological polar surface area (TPSA) is 64.6 Å². The predicted molar refractivity (Wildman–Crippen MR) is 146 cm³/mol. The molecular formula is C27H38O7Si2. The fraction of sp³-hybridized carbons (Fsp3) is 0.333. The summed E-state index contributed by atoms with van der Waals surface area (Å²) in [6.45, 7) is 11.6. The van der Waals surface area contributed by atoms with Crippen molar-refractivity contribution in [3.63, 3.8) is 0 Å². The molecular weight excluding hydrogens is 492 g/mol. The van der Waals surface area contributed by atoms with Gasteiger partial charge >= 0.3 is 17.6 Å². The Morgan fingerprint density at radius 3 is 1.28 bits per heavy atom. The van der Waals surface area contributed by atoms with E-state index >= 15 is 0 Å². The number of hydrogen-bond donors (Lipinski definition) is 0. The molecule has 7 nitrogen and oxygen atoms in total. The third-order valence-corrected chi connectivity index (χ3v) is 8.92. The molecule has 3 aromatic rings. The van der Waals surface area contributed by atoms with Crippen molar-refractivity contribution in [1.29, 1.82) is 0 Å². The van der Waals surface area contributed by atoms with Crippen LogP contribution in [0, 0.1) is 0 Å². The van der Waals surface area contributed by atoms with Gasteiger partial charge < -0.3 is 31.3 Å². The minimum absolute atomic E-state index is 0.589. The molecule has 3 rings (SSSR count). The van der Waals surface area contributed by atoms with Crippen molar-refractivity contribution in [3.8, 4) is 23.0 Å². The molecule has 0 heterocycles. The predicted octanol–water partition coefficient (Wildman–Crippen LogP) is 6.47. The van der Waals surface area contributed by atoms with Crippen LogP contribution >= 0.6 is 0 Å². The van der Waals surface area contributed by atoms with Crippen LogP contribution in [0.1, 0.15) is 20.8 Å².